The van der Waals surface area contributed by atoms with Crippen molar-refractivity contribution in [3.8, 4) is 0 Å². The number of hydrogen-bond acceptors (Lipinski definition) is 1. The van der Waals surface area contributed by atoms with Gasteiger partial charge in [0.05, 0.1) is 0 Å². The van der Waals surface area contributed by atoms with Gasteiger partial charge < -0.3 is 4.90 Å². The van der Waals surface area contributed by atoms with Gasteiger partial charge in [-0.05, 0) is 43.7 Å². The lowest BCUT2D eigenvalue weighted by Crippen LogP contribution is -2.31. The van der Waals surface area contributed by atoms with Crippen molar-refractivity contribution in [1.82, 2.24) is 4.90 Å². The summed E-state index contributed by atoms with van der Waals surface area (Å²) in [6.45, 7) is 17.8. The second-order valence-electron chi connectivity index (χ2n) is 5.70. The van der Waals surface area contributed by atoms with Crippen LogP contribution in [0.15, 0.2) is 0 Å². The molecule has 0 saturated carbocycles. The maximum Gasteiger partial charge on any atom is 0.000438 e. The van der Waals surface area contributed by atoms with Gasteiger partial charge in [0.2, 0.25) is 0 Å². The molecule has 0 radical (unpaired) electrons. The average molecular weight is 213 g/mol. The molecule has 0 aromatic rings. The van der Waals surface area contributed by atoms with Crippen LogP contribution in [0.25, 0.3) is 0 Å². The Bertz CT molecular complexity index is 140. The Morgan fingerprint density at radius 2 is 1.53 bits per heavy atom. The predicted octanol–water partition coefficient (Wildman–Crippen LogP) is 4.04. The lowest BCUT2D eigenvalue weighted by molar-refractivity contribution is 0.218. The van der Waals surface area contributed by atoms with Crippen molar-refractivity contribution >= 4 is 0 Å². The fourth-order valence-electron chi connectivity index (χ4n) is 1.85. The number of rotatable bonds is 8. The van der Waals surface area contributed by atoms with Crippen LogP contribution in [0.4, 0.5) is 0 Å². The maximum atomic E-state index is 2.63. The van der Waals surface area contributed by atoms with Crippen LogP contribution in [0.2, 0.25) is 0 Å². The van der Waals surface area contributed by atoms with E-state index in [-0.39, 0.29) is 0 Å². The molecule has 92 valence electrons. The van der Waals surface area contributed by atoms with Crippen molar-refractivity contribution in [2.24, 2.45) is 17.8 Å². The topological polar surface area (TPSA) is 3.24 Å². The highest BCUT2D eigenvalue weighted by Crippen LogP contribution is 2.15. The number of nitrogens with zero attached hydrogens (tertiary/aromatic N) is 1. The van der Waals surface area contributed by atoms with E-state index in [1.54, 1.807) is 0 Å². The normalized spacial score (nSPS) is 14.2. The Kier molecular flexibility index (Phi) is 8.13. The first-order valence-electron chi connectivity index (χ1n) is 6.69. The molecule has 1 atom stereocenters. The van der Waals surface area contributed by atoms with E-state index < -0.39 is 0 Å². The standard InChI is InChI=1S/C14H31N/c1-7-9-15(11-12(2)3)10-8-14(6)13(4)5/h12-14H,7-11H2,1-6H3. The third kappa shape index (κ3) is 7.84. The molecule has 0 fully saturated rings. The smallest absolute Gasteiger partial charge is 0.000438 e. The first kappa shape index (κ1) is 15.0. The van der Waals surface area contributed by atoms with E-state index in [0.717, 1.165) is 17.8 Å². The van der Waals surface area contributed by atoms with E-state index in [4.69, 9.17) is 0 Å². The molecule has 1 heteroatoms. The molecule has 0 spiro atoms. The van der Waals surface area contributed by atoms with Crippen LogP contribution in [0.1, 0.15) is 54.4 Å². The molecule has 0 aliphatic carbocycles. The summed E-state index contributed by atoms with van der Waals surface area (Å²) in [6, 6.07) is 0. The third-order valence-corrected chi connectivity index (χ3v) is 3.20. The molecule has 0 amide bonds. The summed E-state index contributed by atoms with van der Waals surface area (Å²) in [7, 11) is 0. The summed E-state index contributed by atoms with van der Waals surface area (Å²) in [5.74, 6) is 2.48. The zero-order chi connectivity index (χ0) is 11.8. The predicted molar refractivity (Wildman–Crippen MR) is 70.2 cm³/mol. The van der Waals surface area contributed by atoms with Gasteiger partial charge in [-0.2, -0.15) is 0 Å². The summed E-state index contributed by atoms with van der Waals surface area (Å²) >= 11 is 0. The van der Waals surface area contributed by atoms with E-state index in [9.17, 15) is 0 Å². The van der Waals surface area contributed by atoms with E-state index >= 15 is 0 Å². The molecule has 1 unspecified atom stereocenters. The zero-order valence-corrected chi connectivity index (χ0v) is 11.7. The van der Waals surface area contributed by atoms with Crippen LogP contribution >= 0.6 is 0 Å². The van der Waals surface area contributed by atoms with Gasteiger partial charge in [0, 0.05) is 6.54 Å². The van der Waals surface area contributed by atoms with Gasteiger partial charge >= 0.3 is 0 Å². The summed E-state index contributed by atoms with van der Waals surface area (Å²) < 4.78 is 0. The molecule has 15 heavy (non-hydrogen) atoms. The van der Waals surface area contributed by atoms with Crippen LogP contribution in [0.5, 0.6) is 0 Å². The van der Waals surface area contributed by atoms with Crippen molar-refractivity contribution in [3.63, 3.8) is 0 Å². The molecule has 0 bridgehead atoms. The van der Waals surface area contributed by atoms with Gasteiger partial charge in [-0.3, -0.25) is 0 Å². The Morgan fingerprint density at radius 3 is 1.93 bits per heavy atom. The Balaban J connectivity index is 3.84. The van der Waals surface area contributed by atoms with Crippen molar-refractivity contribution in [1.29, 1.82) is 0 Å². The maximum absolute atomic E-state index is 2.63. The molecular weight excluding hydrogens is 182 g/mol. The van der Waals surface area contributed by atoms with Crippen molar-refractivity contribution in [2.75, 3.05) is 19.6 Å². The molecule has 0 N–H and O–H groups in total. The summed E-state index contributed by atoms with van der Waals surface area (Å²) in [4.78, 5) is 2.63. The van der Waals surface area contributed by atoms with Crippen molar-refractivity contribution in [3.05, 3.63) is 0 Å². The summed E-state index contributed by atoms with van der Waals surface area (Å²) in [5.41, 5.74) is 0. The SMILES string of the molecule is CCCN(CCC(C)C(C)C)CC(C)C. The molecular formula is C14H31N. The highest BCUT2D eigenvalue weighted by molar-refractivity contribution is 4.64. The zero-order valence-electron chi connectivity index (χ0n) is 11.7. The van der Waals surface area contributed by atoms with E-state index in [1.807, 2.05) is 0 Å². The molecule has 0 aliphatic rings. The highest BCUT2D eigenvalue weighted by atomic mass is 15.1. The lowest BCUT2D eigenvalue weighted by atomic mass is 9.94. The van der Waals surface area contributed by atoms with E-state index in [2.05, 4.69) is 46.4 Å². The first-order chi connectivity index (χ1) is 6.97. The average Bonchev–Trinajstić information content (AvgIpc) is 2.13. The fourth-order valence-corrected chi connectivity index (χ4v) is 1.85. The van der Waals surface area contributed by atoms with Crippen LogP contribution in [0.3, 0.4) is 0 Å². The van der Waals surface area contributed by atoms with Gasteiger partial charge in [-0.15, -0.1) is 0 Å². The van der Waals surface area contributed by atoms with Gasteiger partial charge in [0.1, 0.15) is 0 Å². The van der Waals surface area contributed by atoms with Crippen molar-refractivity contribution in [2.45, 2.75) is 54.4 Å². The van der Waals surface area contributed by atoms with Gasteiger partial charge in [-0.1, -0.05) is 41.5 Å². The highest BCUT2D eigenvalue weighted by Gasteiger charge is 2.11. The van der Waals surface area contributed by atoms with Gasteiger partial charge in [0.25, 0.3) is 0 Å². The summed E-state index contributed by atoms with van der Waals surface area (Å²) in [6.07, 6.45) is 2.63. The quantitative estimate of drug-likeness (QED) is 0.588. The fraction of sp³-hybridized carbons (Fsp3) is 1.00. The monoisotopic (exact) mass is 213 g/mol. The molecule has 1 nitrogen and oxygen atoms in total. The lowest BCUT2D eigenvalue weighted by Gasteiger charge is -2.26. The Hall–Kier alpha value is -0.0400. The largest absolute Gasteiger partial charge is 0.303 e. The third-order valence-electron chi connectivity index (χ3n) is 3.20. The minimum Gasteiger partial charge on any atom is -0.303 e. The second kappa shape index (κ2) is 8.15. The molecule has 0 aromatic carbocycles. The Labute approximate surface area is 97.2 Å². The Morgan fingerprint density at radius 1 is 0.933 bits per heavy atom. The molecule has 0 heterocycles. The van der Waals surface area contributed by atoms with Crippen LogP contribution in [-0.4, -0.2) is 24.5 Å². The van der Waals surface area contributed by atoms with Gasteiger partial charge in [-0.25, -0.2) is 0 Å². The van der Waals surface area contributed by atoms with Crippen LogP contribution in [-0.2, 0) is 0 Å². The summed E-state index contributed by atoms with van der Waals surface area (Å²) in [5, 5.41) is 0. The van der Waals surface area contributed by atoms with Gasteiger partial charge in [0.15, 0.2) is 0 Å². The molecule has 0 aromatic heterocycles. The minimum atomic E-state index is 0.797. The molecule has 0 saturated heterocycles. The van der Waals surface area contributed by atoms with E-state index in [0.29, 0.717) is 0 Å². The molecule has 0 rings (SSSR count). The van der Waals surface area contributed by atoms with Crippen molar-refractivity contribution < 1.29 is 0 Å². The van der Waals surface area contributed by atoms with Crippen LogP contribution < -0.4 is 0 Å². The van der Waals surface area contributed by atoms with E-state index in [1.165, 1.54) is 32.5 Å². The van der Waals surface area contributed by atoms with Crippen LogP contribution in [0, 0.1) is 17.8 Å². The number of hydrogen-bond donors (Lipinski definition) is 0. The molecule has 0 aliphatic heterocycles. The minimum absolute atomic E-state index is 0.797. The first-order valence-corrected chi connectivity index (χ1v) is 6.69. The second-order valence-corrected chi connectivity index (χ2v) is 5.70.